The summed E-state index contributed by atoms with van der Waals surface area (Å²) in [7, 11) is -2.45. The number of benzene rings is 3. The normalized spacial score (nSPS) is 11.5. The average molecular weight is 620 g/mol. The number of nitrogens with zero attached hydrogens (tertiary/aromatic N) is 3. The maximum Gasteiger partial charge on any atom is 0.342 e. The highest BCUT2D eigenvalue weighted by molar-refractivity contribution is 7.92. The number of ether oxygens (including phenoxy) is 2. The number of hydrogen-bond donors (Lipinski definition) is 2. The molecule has 13 heteroatoms. The number of nitrogen functional groups attached to an aromatic ring is 1. The number of aromatic nitrogens is 1. The molecule has 4 aromatic rings. The Balaban J connectivity index is 1.79. The summed E-state index contributed by atoms with van der Waals surface area (Å²) in [6, 6.07) is 20.4. The molecule has 0 aliphatic heterocycles. The van der Waals surface area contributed by atoms with Crippen LogP contribution >= 0.6 is 11.6 Å². The molecule has 4 rings (SSSR count). The van der Waals surface area contributed by atoms with E-state index in [1.165, 1.54) is 43.5 Å². The summed E-state index contributed by atoms with van der Waals surface area (Å²) in [5.74, 6) is -0.876. The molecule has 0 spiro atoms. The Morgan fingerprint density at radius 1 is 1.09 bits per heavy atom. The minimum atomic E-state index is -3.86. The molecule has 0 fully saturated rings. The van der Waals surface area contributed by atoms with Gasteiger partial charge < -0.3 is 15.2 Å². The first-order valence-corrected chi connectivity index (χ1v) is 14.6. The third-order valence-corrected chi connectivity index (χ3v) is 7.94. The number of halogens is 1. The number of esters is 1. The number of anilines is 2. The summed E-state index contributed by atoms with van der Waals surface area (Å²) < 4.78 is 39.3. The minimum Gasteiger partial charge on any atom is -0.496 e. The van der Waals surface area contributed by atoms with Gasteiger partial charge in [-0.3, -0.25) is 9.52 Å². The first-order chi connectivity index (χ1) is 20.5. The molecule has 0 saturated carbocycles. The summed E-state index contributed by atoms with van der Waals surface area (Å²) >= 11 is 5.85. The predicted molar refractivity (Wildman–Crippen MR) is 164 cm³/mol. The molecule has 3 aromatic carbocycles. The molecule has 0 aliphatic carbocycles. The van der Waals surface area contributed by atoms with E-state index in [0.29, 0.717) is 21.9 Å². The molecule has 43 heavy (non-hydrogen) atoms. The maximum atomic E-state index is 13.6. The lowest BCUT2D eigenvalue weighted by atomic mass is 9.95. The second-order valence-corrected chi connectivity index (χ2v) is 11.1. The van der Waals surface area contributed by atoms with Crippen molar-refractivity contribution in [1.82, 2.24) is 4.68 Å². The Morgan fingerprint density at radius 2 is 1.74 bits per heavy atom. The smallest absolute Gasteiger partial charge is 0.342 e. The monoisotopic (exact) mass is 619 g/mol. The van der Waals surface area contributed by atoms with Crippen molar-refractivity contribution in [2.24, 2.45) is 5.10 Å². The SMILES string of the molecule is CCOC(=O)c1c(-c2ccccc2OC)c(C#N)c(=O)n(/N=C(\C)c2ccc(NS(=O)(=O)c3ccc(Cl)cc3)cc2)c1N. The van der Waals surface area contributed by atoms with Crippen molar-refractivity contribution in [1.29, 1.82) is 5.26 Å². The summed E-state index contributed by atoms with van der Waals surface area (Å²) in [6.07, 6.45) is 0. The van der Waals surface area contributed by atoms with Gasteiger partial charge in [-0.15, -0.1) is 0 Å². The van der Waals surface area contributed by atoms with Crippen molar-refractivity contribution in [3.8, 4) is 22.9 Å². The van der Waals surface area contributed by atoms with Crippen LogP contribution in [-0.4, -0.2) is 38.5 Å². The number of rotatable bonds is 9. The quantitative estimate of drug-likeness (QED) is 0.197. The fourth-order valence-electron chi connectivity index (χ4n) is 4.23. The summed E-state index contributed by atoms with van der Waals surface area (Å²) in [5, 5.41) is 14.8. The fraction of sp³-hybridized carbons (Fsp3) is 0.133. The van der Waals surface area contributed by atoms with E-state index in [1.807, 2.05) is 6.07 Å². The lowest BCUT2D eigenvalue weighted by molar-refractivity contribution is 0.0527. The average Bonchev–Trinajstić information content (AvgIpc) is 2.99. The molecule has 1 aromatic heterocycles. The van der Waals surface area contributed by atoms with E-state index in [0.717, 1.165) is 4.68 Å². The van der Waals surface area contributed by atoms with Crippen molar-refractivity contribution in [3.63, 3.8) is 0 Å². The van der Waals surface area contributed by atoms with E-state index in [-0.39, 0.29) is 45.4 Å². The van der Waals surface area contributed by atoms with Gasteiger partial charge in [-0.1, -0.05) is 41.9 Å². The predicted octanol–water partition coefficient (Wildman–Crippen LogP) is 4.88. The molecule has 0 bridgehead atoms. The largest absolute Gasteiger partial charge is 0.496 e. The molecule has 0 amide bonds. The highest BCUT2D eigenvalue weighted by atomic mass is 35.5. The van der Waals surface area contributed by atoms with E-state index < -0.39 is 21.6 Å². The first-order valence-electron chi connectivity index (χ1n) is 12.8. The van der Waals surface area contributed by atoms with Gasteiger partial charge in [0.15, 0.2) is 0 Å². The standard InChI is InChI=1S/C30H26ClN5O6S/c1-4-42-30(38)27-26(23-7-5-6-8-25(23)41-3)24(17-32)29(37)36(28(27)33)34-18(2)19-9-13-21(14-10-19)35-43(39,40)22-15-11-20(31)12-16-22/h5-16,35H,4,33H2,1-3H3/b34-18+. The number of carbonyl (C=O) groups excluding carboxylic acids is 1. The lowest BCUT2D eigenvalue weighted by Gasteiger charge is -2.18. The Hall–Kier alpha value is -5.12. The van der Waals surface area contributed by atoms with Gasteiger partial charge in [0.25, 0.3) is 15.6 Å². The van der Waals surface area contributed by atoms with Crippen LogP contribution in [0.25, 0.3) is 11.1 Å². The van der Waals surface area contributed by atoms with E-state index in [4.69, 9.17) is 26.8 Å². The van der Waals surface area contributed by atoms with Gasteiger partial charge in [0.1, 0.15) is 28.8 Å². The molecule has 0 atom stereocenters. The molecule has 11 nitrogen and oxygen atoms in total. The molecule has 0 aliphatic rings. The van der Waals surface area contributed by atoms with Crippen LogP contribution in [0.5, 0.6) is 5.75 Å². The highest BCUT2D eigenvalue weighted by Crippen LogP contribution is 2.36. The lowest BCUT2D eigenvalue weighted by Crippen LogP contribution is -2.28. The molecule has 0 unspecified atom stereocenters. The van der Waals surface area contributed by atoms with Crippen LogP contribution in [0.3, 0.4) is 0 Å². The van der Waals surface area contributed by atoms with Crippen molar-refractivity contribution in [2.75, 3.05) is 24.2 Å². The number of nitrogens with one attached hydrogen (secondary N) is 1. The Bertz CT molecular complexity index is 1930. The number of para-hydroxylation sites is 1. The molecule has 3 N–H and O–H groups in total. The number of nitriles is 1. The fourth-order valence-corrected chi connectivity index (χ4v) is 5.41. The molecule has 1 heterocycles. The zero-order valence-corrected chi connectivity index (χ0v) is 24.9. The van der Waals surface area contributed by atoms with Crippen molar-refractivity contribution in [2.45, 2.75) is 18.7 Å². The van der Waals surface area contributed by atoms with Crippen molar-refractivity contribution < 1.29 is 22.7 Å². The van der Waals surface area contributed by atoms with Crippen LogP contribution in [-0.2, 0) is 14.8 Å². The maximum absolute atomic E-state index is 13.6. The zero-order chi connectivity index (χ0) is 31.3. The van der Waals surface area contributed by atoms with E-state index in [1.54, 1.807) is 50.2 Å². The van der Waals surface area contributed by atoms with Crippen LogP contribution in [0.1, 0.15) is 35.3 Å². The summed E-state index contributed by atoms with van der Waals surface area (Å²) in [6.45, 7) is 3.21. The van der Waals surface area contributed by atoms with Crippen LogP contribution in [0.2, 0.25) is 5.02 Å². The molecule has 220 valence electrons. The molecular formula is C30H26ClN5O6S. The van der Waals surface area contributed by atoms with Gasteiger partial charge in [-0.05, 0) is 61.9 Å². The Labute approximate surface area is 252 Å². The Morgan fingerprint density at radius 3 is 2.35 bits per heavy atom. The molecule has 0 radical (unpaired) electrons. The van der Waals surface area contributed by atoms with Crippen molar-refractivity contribution in [3.05, 3.63) is 105 Å². The zero-order valence-electron chi connectivity index (χ0n) is 23.3. The van der Waals surface area contributed by atoms with Gasteiger partial charge in [-0.25, -0.2) is 13.2 Å². The third kappa shape index (κ3) is 6.38. The second-order valence-electron chi connectivity index (χ2n) is 8.98. The number of pyridine rings is 1. The number of carbonyl (C=O) groups is 1. The number of methoxy groups -OCH3 is 1. The van der Waals surface area contributed by atoms with Gasteiger partial charge >= 0.3 is 5.97 Å². The third-order valence-electron chi connectivity index (χ3n) is 6.29. The van der Waals surface area contributed by atoms with Crippen LogP contribution in [0.4, 0.5) is 11.5 Å². The topological polar surface area (TPSA) is 166 Å². The molecular weight excluding hydrogens is 594 g/mol. The van der Waals surface area contributed by atoms with Gasteiger partial charge in [0, 0.05) is 21.8 Å². The highest BCUT2D eigenvalue weighted by Gasteiger charge is 2.29. The van der Waals surface area contributed by atoms with Gasteiger partial charge in [-0.2, -0.15) is 15.0 Å². The number of hydrogen-bond acceptors (Lipinski definition) is 9. The van der Waals surface area contributed by atoms with Crippen LogP contribution in [0.15, 0.2) is 87.6 Å². The van der Waals surface area contributed by atoms with E-state index in [9.17, 15) is 23.3 Å². The summed E-state index contributed by atoms with van der Waals surface area (Å²) in [4.78, 5) is 26.7. The van der Waals surface area contributed by atoms with Crippen molar-refractivity contribution >= 4 is 44.8 Å². The first kappa shape index (κ1) is 30.8. The molecule has 0 saturated heterocycles. The summed E-state index contributed by atoms with van der Waals surface area (Å²) in [5.41, 5.74) is 6.26. The number of nitrogens with two attached hydrogens (primary N) is 1. The van der Waals surface area contributed by atoms with Gasteiger partial charge in [0.2, 0.25) is 0 Å². The van der Waals surface area contributed by atoms with E-state index in [2.05, 4.69) is 9.82 Å². The Kier molecular flexibility index (Phi) is 9.18. The van der Waals surface area contributed by atoms with Gasteiger partial charge in [0.05, 0.1) is 24.3 Å². The minimum absolute atomic E-state index is 0.0150. The number of sulfonamides is 1. The van der Waals surface area contributed by atoms with Crippen LogP contribution < -0.4 is 20.8 Å². The second kappa shape index (κ2) is 12.8. The van der Waals surface area contributed by atoms with E-state index >= 15 is 0 Å². The van der Waals surface area contributed by atoms with Crippen LogP contribution in [0, 0.1) is 11.3 Å².